The average Bonchev–Trinajstić information content (AvgIpc) is 2.93. The van der Waals surface area contributed by atoms with E-state index in [1.54, 1.807) is 19.1 Å². The lowest BCUT2D eigenvalue weighted by Gasteiger charge is -2.09. The molecule has 0 aromatic heterocycles. The van der Waals surface area contributed by atoms with E-state index in [0.29, 0.717) is 16.8 Å². The van der Waals surface area contributed by atoms with Crippen LogP contribution in [0, 0.1) is 0 Å². The van der Waals surface area contributed by atoms with Crippen LogP contribution >= 0.6 is 11.8 Å². The molecule has 5 nitrogen and oxygen atoms in total. The number of hydrogen-bond donors (Lipinski definition) is 1. The van der Waals surface area contributed by atoms with E-state index in [4.69, 9.17) is 4.74 Å². The summed E-state index contributed by atoms with van der Waals surface area (Å²) in [5.41, 5.74) is 1.64. The van der Waals surface area contributed by atoms with Crippen molar-refractivity contribution in [1.29, 1.82) is 0 Å². The van der Waals surface area contributed by atoms with Gasteiger partial charge in [0.2, 0.25) is 5.91 Å². The average molecular weight is 391 g/mol. The fourth-order valence-corrected chi connectivity index (χ4v) is 3.34. The number of anilines is 1. The van der Waals surface area contributed by atoms with E-state index in [1.807, 2.05) is 0 Å². The van der Waals surface area contributed by atoms with Gasteiger partial charge in [0, 0.05) is 16.1 Å². The molecule has 1 aliphatic rings. The number of thioether (sulfide) groups is 1. The highest BCUT2D eigenvalue weighted by molar-refractivity contribution is 7.99. The van der Waals surface area contributed by atoms with Crippen molar-refractivity contribution in [2.24, 2.45) is 0 Å². The Morgan fingerprint density at radius 1 is 1.22 bits per heavy atom. The summed E-state index contributed by atoms with van der Waals surface area (Å²) in [7, 11) is 0. The van der Waals surface area contributed by atoms with Crippen LogP contribution in [0.3, 0.4) is 0 Å². The number of ketones is 1. The molecule has 0 saturated carbocycles. The van der Waals surface area contributed by atoms with E-state index in [1.165, 1.54) is 30.3 Å². The highest BCUT2D eigenvalue weighted by Crippen LogP contribution is 2.33. The van der Waals surface area contributed by atoms with Crippen LogP contribution in [0.2, 0.25) is 0 Å². The first-order valence-electron chi connectivity index (χ1n) is 8.06. The molecule has 140 valence electrons. The van der Waals surface area contributed by atoms with E-state index >= 15 is 0 Å². The molecule has 1 aliphatic heterocycles. The predicted molar refractivity (Wildman–Crippen MR) is 96.4 cm³/mol. The molecule has 0 bridgehead atoms. The van der Waals surface area contributed by atoms with Crippen LogP contribution in [0.25, 0.3) is 0 Å². The van der Waals surface area contributed by atoms with E-state index in [9.17, 15) is 23.2 Å². The molecule has 0 spiro atoms. The van der Waals surface area contributed by atoms with Gasteiger partial charge in [0.25, 0.3) is 5.76 Å². The zero-order valence-electron chi connectivity index (χ0n) is 14.2. The van der Waals surface area contributed by atoms with Crippen LogP contribution in [0.5, 0.6) is 0 Å². The fourth-order valence-electron chi connectivity index (χ4n) is 2.72. The minimum Gasteiger partial charge on any atom is -0.454 e. The van der Waals surface area contributed by atoms with Crippen molar-refractivity contribution in [2.75, 3.05) is 11.9 Å². The number of alkyl halides is 2. The molecule has 1 heterocycles. The lowest BCUT2D eigenvalue weighted by atomic mass is 9.99. The number of carbonyl (C=O) groups excluding carboxylic acids is 3. The number of rotatable bonds is 6. The Balaban J connectivity index is 1.68. The van der Waals surface area contributed by atoms with Crippen molar-refractivity contribution in [2.45, 2.75) is 23.5 Å². The number of hydrogen-bond acceptors (Lipinski definition) is 5. The lowest BCUT2D eigenvalue weighted by Crippen LogP contribution is -2.15. The number of ether oxygens (including phenoxy) is 1. The maximum absolute atomic E-state index is 12.6. The van der Waals surface area contributed by atoms with Crippen molar-refractivity contribution in [1.82, 2.24) is 0 Å². The SMILES string of the molecule is C[C@@H]1C(=O)Nc2ccc(C(=O)COC(=O)c3ccccc3SC(F)F)cc21. The molecule has 1 atom stereocenters. The number of amides is 1. The first kappa shape index (κ1) is 19.0. The molecule has 0 radical (unpaired) electrons. The van der Waals surface area contributed by atoms with Crippen LogP contribution in [0.1, 0.15) is 39.1 Å². The molecular weight excluding hydrogens is 376 g/mol. The number of nitrogens with one attached hydrogen (secondary N) is 1. The van der Waals surface area contributed by atoms with Crippen molar-refractivity contribution >= 4 is 35.1 Å². The lowest BCUT2D eigenvalue weighted by molar-refractivity contribution is -0.116. The normalized spacial score (nSPS) is 15.4. The van der Waals surface area contributed by atoms with Gasteiger partial charge in [-0.1, -0.05) is 23.9 Å². The Bertz CT molecular complexity index is 916. The third-order valence-corrected chi connectivity index (χ3v) is 4.94. The number of halogens is 2. The van der Waals surface area contributed by atoms with E-state index in [-0.39, 0.29) is 34.0 Å². The Labute approximate surface area is 158 Å². The Hall–Kier alpha value is -2.74. The van der Waals surface area contributed by atoms with E-state index in [2.05, 4.69) is 5.32 Å². The largest absolute Gasteiger partial charge is 0.454 e. The van der Waals surface area contributed by atoms with Gasteiger partial charge in [-0.2, -0.15) is 8.78 Å². The minimum atomic E-state index is -2.68. The molecular formula is C19H15F2NO4S. The van der Waals surface area contributed by atoms with E-state index in [0.717, 1.165) is 0 Å². The smallest absolute Gasteiger partial charge is 0.339 e. The molecule has 1 N–H and O–H groups in total. The van der Waals surface area contributed by atoms with E-state index < -0.39 is 24.1 Å². The van der Waals surface area contributed by atoms with Gasteiger partial charge in [-0.15, -0.1) is 0 Å². The summed E-state index contributed by atoms with van der Waals surface area (Å²) in [6, 6.07) is 10.6. The second-order valence-corrected chi connectivity index (χ2v) is 6.92. The Kier molecular flexibility index (Phi) is 5.55. The third kappa shape index (κ3) is 4.16. The molecule has 0 fully saturated rings. The van der Waals surface area contributed by atoms with Crippen LogP contribution in [0.15, 0.2) is 47.4 Å². The fraction of sp³-hybridized carbons (Fsp3) is 0.211. The van der Waals surface area contributed by atoms with Gasteiger partial charge >= 0.3 is 5.97 Å². The molecule has 0 aliphatic carbocycles. The number of fused-ring (bicyclic) bond motifs is 1. The monoisotopic (exact) mass is 391 g/mol. The van der Waals surface area contributed by atoms with Crippen LogP contribution in [-0.4, -0.2) is 30.0 Å². The second-order valence-electron chi connectivity index (χ2n) is 5.89. The van der Waals surface area contributed by atoms with Gasteiger partial charge in [-0.25, -0.2) is 4.79 Å². The van der Waals surface area contributed by atoms with Gasteiger partial charge in [-0.3, -0.25) is 9.59 Å². The molecule has 0 unspecified atom stereocenters. The van der Waals surface area contributed by atoms with Crippen LogP contribution < -0.4 is 5.32 Å². The third-order valence-electron chi connectivity index (χ3n) is 4.15. The van der Waals surface area contributed by atoms with Gasteiger partial charge < -0.3 is 10.1 Å². The van der Waals surface area contributed by atoms with Crippen LogP contribution in [0.4, 0.5) is 14.5 Å². The molecule has 8 heteroatoms. The molecule has 2 aromatic carbocycles. The molecule has 2 aromatic rings. The van der Waals surface area contributed by atoms with Crippen molar-refractivity contribution < 1.29 is 27.9 Å². The molecule has 27 heavy (non-hydrogen) atoms. The Morgan fingerprint density at radius 3 is 2.70 bits per heavy atom. The minimum absolute atomic E-state index is 0.0204. The summed E-state index contributed by atoms with van der Waals surface area (Å²) in [5, 5.41) is 2.71. The van der Waals surface area contributed by atoms with Gasteiger partial charge in [0.15, 0.2) is 12.4 Å². The zero-order valence-corrected chi connectivity index (χ0v) is 15.0. The number of carbonyl (C=O) groups is 3. The van der Waals surface area contributed by atoms with Crippen molar-refractivity contribution in [3.63, 3.8) is 0 Å². The Morgan fingerprint density at radius 2 is 1.96 bits per heavy atom. The van der Waals surface area contributed by atoms with Crippen LogP contribution in [-0.2, 0) is 9.53 Å². The topological polar surface area (TPSA) is 72.5 Å². The summed E-state index contributed by atoms with van der Waals surface area (Å²) in [6.07, 6.45) is 0. The van der Waals surface area contributed by atoms with Gasteiger partial charge in [0.1, 0.15) is 0 Å². The molecule has 3 rings (SSSR count). The summed E-state index contributed by atoms with van der Waals surface area (Å²) in [6.45, 7) is 1.20. The predicted octanol–water partition coefficient (Wildman–Crippen LogP) is 4.10. The maximum atomic E-state index is 12.6. The maximum Gasteiger partial charge on any atom is 0.339 e. The van der Waals surface area contributed by atoms with Gasteiger partial charge in [-0.05, 0) is 42.8 Å². The summed E-state index contributed by atoms with van der Waals surface area (Å²) < 4.78 is 30.2. The standard InChI is InChI=1S/C19H15F2NO4S/c1-10-13-8-11(6-7-14(13)22-17(10)24)15(23)9-26-18(25)12-4-2-3-5-16(12)27-19(20)21/h2-8,10,19H,9H2,1H3,(H,22,24)/t10-/m0/s1. The number of benzene rings is 2. The second kappa shape index (κ2) is 7.87. The van der Waals surface area contributed by atoms with Gasteiger partial charge in [0.05, 0.1) is 11.5 Å². The number of Topliss-reactive ketones (excluding diaryl/α,β-unsaturated/α-hetero) is 1. The summed E-state index contributed by atoms with van der Waals surface area (Å²) in [5.74, 6) is -4.48. The summed E-state index contributed by atoms with van der Waals surface area (Å²) >= 11 is 0.240. The van der Waals surface area contributed by atoms with Crippen molar-refractivity contribution in [3.05, 3.63) is 59.2 Å². The van der Waals surface area contributed by atoms with Crippen molar-refractivity contribution in [3.8, 4) is 0 Å². The number of esters is 1. The first-order chi connectivity index (χ1) is 12.9. The zero-order chi connectivity index (χ0) is 19.6. The highest BCUT2D eigenvalue weighted by atomic mass is 32.2. The molecule has 0 saturated heterocycles. The first-order valence-corrected chi connectivity index (χ1v) is 8.93. The quantitative estimate of drug-likeness (QED) is 0.456. The molecule has 1 amide bonds. The highest BCUT2D eigenvalue weighted by Gasteiger charge is 2.27. The summed E-state index contributed by atoms with van der Waals surface area (Å²) in [4.78, 5) is 36.3.